The lowest BCUT2D eigenvalue weighted by Gasteiger charge is -2.58. The van der Waals surface area contributed by atoms with E-state index in [1.54, 1.807) is 4.90 Å². The Bertz CT molecular complexity index is 406. The average molecular weight is 248 g/mol. The number of urea groups is 1. The SMILES string of the molecule is C=C1N(C)C(=O)NC12CC1(CCC(C)(C)CC1)C2. The Kier molecular flexibility index (Phi) is 2.22. The van der Waals surface area contributed by atoms with Crippen LogP contribution in [0.5, 0.6) is 0 Å². The molecule has 2 amide bonds. The lowest BCUT2D eigenvalue weighted by Crippen LogP contribution is -2.60. The van der Waals surface area contributed by atoms with Gasteiger partial charge in [-0.1, -0.05) is 20.4 Å². The maximum atomic E-state index is 11.7. The van der Waals surface area contributed by atoms with E-state index in [4.69, 9.17) is 0 Å². The van der Waals surface area contributed by atoms with Crippen LogP contribution < -0.4 is 5.32 Å². The smallest absolute Gasteiger partial charge is 0.322 e. The van der Waals surface area contributed by atoms with Crippen molar-refractivity contribution in [2.45, 2.75) is 57.9 Å². The first kappa shape index (κ1) is 12.1. The van der Waals surface area contributed by atoms with Crippen LogP contribution in [0.2, 0.25) is 0 Å². The van der Waals surface area contributed by atoms with Gasteiger partial charge < -0.3 is 5.32 Å². The second kappa shape index (κ2) is 3.31. The van der Waals surface area contributed by atoms with E-state index in [1.165, 1.54) is 25.7 Å². The first-order valence-electron chi connectivity index (χ1n) is 7.03. The number of nitrogens with one attached hydrogen (secondary N) is 1. The Balaban J connectivity index is 1.70. The number of hydrogen-bond donors (Lipinski definition) is 1. The Hall–Kier alpha value is -0.990. The molecule has 100 valence electrons. The van der Waals surface area contributed by atoms with Crippen LogP contribution in [0.25, 0.3) is 0 Å². The second-order valence-corrected chi connectivity index (χ2v) is 7.54. The van der Waals surface area contributed by atoms with Gasteiger partial charge in [0.05, 0.1) is 5.54 Å². The van der Waals surface area contributed by atoms with E-state index in [-0.39, 0.29) is 11.6 Å². The van der Waals surface area contributed by atoms with Gasteiger partial charge in [0, 0.05) is 12.7 Å². The Labute approximate surface area is 110 Å². The van der Waals surface area contributed by atoms with Crippen LogP contribution in [0, 0.1) is 10.8 Å². The standard InChI is InChI=1S/C15H24N2O/c1-11-15(16-12(18)17(11)4)9-14(10-15)7-5-13(2,3)6-8-14/h1,5-10H2,2-4H3,(H,16,18). The Morgan fingerprint density at radius 1 is 1.17 bits per heavy atom. The normalized spacial score (nSPS) is 31.6. The highest BCUT2D eigenvalue weighted by atomic mass is 16.2. The summed E-state index contributed by atoms with van der Waals surface area (Å²) in [6.07, 6.45) is 7.47. The van der Waals surface area contributed by atoms with Gasteiger partial charge in [0.2, 0.25) is 0 Å². The number of likely N-dealkylation sites (N-methyl/N-ethyl adjacent to an activating group) is 1. The summed E-state index contributed by atoms with van der Waals surface area (Å²) in [6.45, 7) is 8.86. The van der Waals surface area contributed by atoms with E-state index < -0.39 is 0 Å². The molecule has 1 heterocycles. The summed E-state index contributed by atoms with van der Waals surface area (Å²) in [7, 11) is 1.82. The van der Waals surface area contributed by atoms with Gasteiger partial charge in [-0.25, -0.2) is 4.79 Å². The maximum absolute atomic E-state index is 11.7. The van der Waals surface area contributed by atoms with Crippen LogP contribution in [0.1, 0.15) is 52.4 Å². The molecule has 0 aromatic heterocycles. The Morgan fingerprint density at radius 2 is 1.72 bits per heavy atom. The molecule has 18 heavy (non-hydrogen) atoms. The lowest BCUT2D eigenvalue weighted by atomic mass is 9.49. The van der Waals surface area contributed by atoms with E-state index in [9.17, 15) is 4.79 Å². The minimum Gasteiger partial charge on any atom is -0.327 e. The largest absolute Gasteiger partial charge is 0.327 e. The van der Waals surface area contributed by atoms with Crippen molar-refractivity contribution in [3.63, 3.8) is 0 Å². The van der Waals surface area contributed by atoms with Crippen LogP contribution in [0.15, 0.2) is 12.3 Å². The second-order valence-electron chi connectivity index (χ2n) is 7.54. The fourth-order valence-electron chi connectivity index (χ4n) is 4.14. The molecule has 0 radical (unpaired) electrons. The molecule has 2 spiro atoms. The number of hydrogen-bond acceptors (Lipinski definition) is 1. The topological polar surface area (TPSA) is 32.3 Å². The molecule has 3 rings (SSSR count). The molecule has 3 nitrogen and oxygen atoms in total. The molecule has 0 aromatic carbocycles. The number of rotatable bonds is 0. The van der Waals surface area contributed by atoms with E-state index in [0.29, 0.717) is 10.8 Å². The number of nitrogens with zero attached hydrogens (tertiary/aromatic N) is 1. The van der Waals surface area contributed by atoms with Gasteiger partial charge in [0.15, 0.2) is 0 Å². The van der Waals surface area contributed by atoms with Gasteiger partial charge >= 0.3 is 6.03 Å². The molecule has 3 aliphatic rings. The van der Waals surface area contributed by atoms with E-state index in [2.05, 4.69) is 25.7 Å². The molecule has 3 heteroatoms. The molecule has 1 saturated heterocycles. The Morgan fingerprint density at radius 3 is 2.17 bits per heavy atom. The van der Waals surface area contributed by atoms with Crippen molar-refractivity contribution in [2.24, 2.45) is 10.8 Å². The predicted molar refractivity (Wildman–Crippen MR) is 72.1 cm³/mol. The van der Waals surface area contributed by atoms with Gasteiger partial charge in [-0.2, -0.15) is 0 Å². The molecule has 2 aliphatic carbocycles. The van der Waals surface area contributed by atoms with Crippen molar-refractivity contribution in [3.05, 3.63) is 12.3 Å². The lowest BCUT2D eigenvalue weighted by molar-refractivity contribution is -0.0274. The molecule has 0 bridgehead atoms. The zero-order chi connectivity index (χ0) is 13.2. The minimum absolute atomic E-state index is 0.0194. The van der Waals surface area contributed by atoms with Crippen molar-refractivity contribution in [1.82, 2.24) is 10.2 Å². The highest BCUT2D eigenvalue weighted by Crippen LogP contribution is 2.62. The number of carbonyl (C=O) groups is 1. The van der Waals surface area contributed by atoms with Crippen LogP contribution >= 0.6 is 0 Å². The first-order valence-corrected chi connectivity index (χ1v) is 7.03. The highest BCUT2D eigenvalue weighted by Gasteiger charge is 2.61. The van der Waals surface area contributed by atoms with Crippen molar-refractivity contribution in [1.29, 1.82) is 0 Å². The summed E-state index contributed by atoms with van der Waals surface area (Å²) >= 11 is 0. The number of amides is 2. The van der Waals surface area contributed by atoms with Crippen LogP contribution in [0.3, 0.4) is 0 Å². The van der Waals surface area contributed by atoms with Crippen molar-refractivity contribution >= 4 is 6.03 Å². The molecule has 0 unspecified atom stereocenters. The van der Waals surface area contributed by atoms with E-state index >= 15 is 0 Å². The number of carbonyl (C=O) groups excluding carboxylic acids is 1. The van der Waals surface area contributed by atoms with Crippen molar-refractivity contribution < 1.29 is 4.79 Å². The van der Waals surface area contributed by atoms with Crippen LogP contribution in [0.4, 0.5) is 4.79 Å². The van der Waals surface area contributed by atoms with Gasteiger partial charge in [-0.05, 0) is 49.4 Å². The molecule has 0 atom stereocenters. The van der Waals surface area contributed by atoms with Crippen LogP contribution in [-0.4, -0.2) is 23.5 Å². The molecule has 1 aliphatic heterocycles. The summed E-state index contributed by atoms with van der Waals surface area (Å²) in [5.74, 6) is 0. The average Bonchev–Trinajstić information content (AvgIpc) is 2.47. The minimum atomic E-state index is -0.104. The fraction of sp³-hybridized carbons (Fsp3) is 0.800. The first-order chi connectivity index (χ1) is 8.28. The summed E-state index contributed by atoms with van der Waals surface area (Å²) in [5.41, 5.74) is 1.87. The summed E-state index contributed by atoms with van der Waals surface area (Å²) in [4.78, 5) is 13.4. The van der Waals surface area contributed by atoms with Gasteiger partial charge in [-0.15, -0.1) is 0 Å². The molecular weight excluding hydrogens is 224 g/mol. The molecule has 0 aromatic rings. The predicted octanol–water partition coefficient (Wildman–Crippen LogP) is 3.27. The molecule has 2 saturated carbocycles. The van der Waals surface area contributed by atoms with Gasteiger partial charge in [0.25, 0.3) is 0 Å². The van der Waals surface area contributed by atoms with Gasteiger partial charge in [-0.3, -0.25) is 4.90 Å². The van der Waals surface area contributed by atoms with Crippen LogP contribution in [-0.2, 0) is 0 Å². The summed E-state index contributed by atoms with van der Waals surface area (Å²) in [6, 6.07) is 0.0194. The van der Waals surface area contributed by atoms with E-state index in [1.807, 2.05) is 7.05 Å². The molecular formula is C15H24N2O. The van der Waals surface area contributed by atoms with Crippen molar-refractivity contribution in [2.75, 3.05) is 7.05 Å². The summed E-state index contributed by atoms with van der Waals surface area (Å²) in [5, 5.41) is 3.15. The highest BCUT2D eigenvalue weighted by molar-refractivity contribution is 5.82. The van der Waals surface area contributed by atoms with Crippen molar-refractivity contribution in [3.8, 4) is 0 Å². The quantitative estimate of drug-likeness (QED) is 0.701. The molecule has 3 fully saturated rings. The zero-order valence-electron chi connectivity index (χ0n) is 11.8. The van der Waals surface area contributed by atoms with Gasteiger partial charge in [0.1, 0.15) is 0 Å². The third kappa shape index (κ3) is 1.52. The summed E-state index contributed by atoms with van der Waals surface area (Å²) < 4.78 is 0. The van der Waals surface area contributed by atoms with E-state index in [0.717, 1.165) is 18.5 Å². The maximum Gasteiger partial charge on any atom is 0.322 e. The monoisotopic (exact) mass is 248 g/mol. The zero-order valence-corrected chi connectivity index (χ0v) is 11.8. The third-order valence-corrected chi connectivity index (χ3v) is 5.63. The third-order valence-electron chi connectivity index (χ3n) is 5.63. The molecule has 1 N–H and O–H groups in total. The fourth-order valence-corrected chi connectivity index (χ4v) is 4.14.